The van der Waals surface area contributed by atoms with Gasteiger partial charge in [0, 0.05) is 17.8 Å². The third-order valence-electron chi connectivity index (χ3n) is 3.24. The van der Waals surface area contributed by atoms with Crippen molar-refractivity contribution in [2.75, 3.05) is 13.7 Å². The van der Waals surface area contributed by atoms with Gasteiger partial charge in [0.05, 0.1) is 7.11 Å². The molecule has 18 heavy (non-hydrogen) atoms. The summed E-state index contributed by atoms with van der Waals surface area (Å²) in [6.07, 6.45) is 5.42. The highest BCUT2D eigenvalue weighted by molar-refractivity contribution is 5.28. The van der Waals surface area contributed by atoms with Crippen LogP contribution < -0.4 is 10.1 Å². The Morgan fingerprint density at radius 2 is 2.17 bits per heavy atom. The zero-order valence-corrected chi connectivity index (χ0v) is 12.1. The van der Waals surface area contributed by atoms with Gasteiger partial charge in [-0.3, -0.25) is 0 Å². The minimum absolute atomic E-state index is 0.334. The maximum absolute atomic E-state index is 5.36. The fraction of sp³-hybridized carbons (Fsp3) is 0.667. The Kier molecular flexibility index (Phi) is 6.73. The molecular formula is C15H26N2O. The standard InChI is InChI=1S/C15H26N2O/c1-5-8-12(3)11-14(16-6-2)13-9-7-10-17-15(13)18-4/h7,9-10,12,14,16H,5-6,8,11H2,1-4H3. The molecule has 0 fully saturated rings. The van der Waals surface area contributed by atoms with Crippen molar-refractivity contribution < 1.29 is 4.74 Å². The van der Waals surface area contributed by atoms with Crippen molar-refractivity contribution in [2.45, 2.75) is 46.1 Å². The summed E-state index contributed by atoms with van der Waals surface area (Å²) in [6.45, 7) is 7.65. The smallest absolute Gasteiger partial charge is 0.217 e. The van der Waals surface area contributed by atoms with Crippen LogP contribution in [0.1, 0.15) is 51.6 Å². The van der Waals surface area contributed by atoms with E-state index < -0.39 is 0 Å². The normalized spacial score (nSPS) is 14.2. The number of rotatable bonds is 8. The summed E-state index contributed by atoms with van der Waals surface area (Å²) in [5.74, 6) is 1.45. The van der Waals surface area contributed by atoms with E-state index >= 15 is 0 Å². The molecule has 3 nitrogen and oxygen atoms in total. The second kappa shape index (κ2) is 8.09. The van der Waals surface area contributed by atoms with Crippen LogP contribution >= 0.6 is 0 Å². The SMILES string of the molecule is CCCC(C)CC(NCC)c1cccnc1OC. The molecule has 1 aromatic rings. The molecule has 0 radical (unpaired) electrons. The number of methoxy groups -OCH3 is 1. The van der Waals surface area contributed by atoms with Crippen molar-refractivity contribution in [2.24, 2.45) is 5.92 Å². The van der Waals surface area contributed by atoms with Crippen LogP contribution in [0.2, 0.25) is 0 Å². The Morgan fingerprint density at radius 3 is 2.78 bits per heavy atom. The van der Waals surface area contributed by atoms with E-state index in [-0.39, 0.29) is 0 Å². The number of pyridine rings is 1. The molecule has 1 aromatic heterocycles. The van der Waals surface area contributed by atoms with Crippen molar-refractivity contribution in [1.29, 1.82) is 0 Å². The van der Waals surface area contributed by atoms with Gasteiger partial charge in [0.1, 0.15) is 0 Å². The van der Waals surface area contributed by atoms with Crippen molar-refractivity contribution in [1.82, 2.24) is 10.3 Å². The molecule has 0 saturated carbocycles. The fourth-order valence-corrected chi connectivity index (χ4v) is 2.42. The highest BCUT2D eigenvalue weighted by Gasteiger charge is 2.18. The maximum atomic E-state index is 5.36. The monoisotopic (exact) mass is 250 g/mol. The Labute approximate surface area is 111 Å². The van der Waals surface area contributed by atoms with Gasteiger partial charge in [-0.2, -0.15) is 0 Å². The van der Waals surface area contributed by atoms with E-state index in [1.807, 2.05) is 6.07 Å². The molecule has 1 heterocycles. The van der Waals surface area contributed by atoms with Crippen LogP contribution in [0.4, 0.5) is 0 Å². The molecule has 0 spiro atoms. The summed E-state index contributed by atoms with van der Waals surface area (Å²) in [5, 5.41) is 3.54. The van der Waals surface area contributed by atoms with Crippen molar-refractivity contribution in [3.05, 3.63) is 23.9 Å². The molecule has 0 saturated heterocycles. The summed E-state index contributed by atoms with van der Waals surface area (Å²) in [5.41, 5.74) is 1.17. The van der Waals surface area contributed by atoms with Crippen molar-refractivity contribution >= 4 is 0 Å². The lowest BCUT2D eigenvalue weighted by Crippen LogP contribution is -2.23. The minimum Gasteiger partial charge on any atom is -0.481 e. The van der Waals surface area contributed by atoms with Crippen molar-refractivity contribution in [3.63, 3.8) is 0 Å². The Hall–Kier alpha value is -1.09. The topological polar surface area (TPSA) is 34.2 Å². The van der Waals surface area contributed by atoms with Crippen LogP contribution in [-0.4, -0.2) is 18.6 Å². The number of hydrogen-bond acceptors (Lipinski definition) is 3. The predicted octanol–water partition coefficient (Wildman–Crippen LogP) is 3.57. The number of nitrogens with one attached hydrogen (secondary N) is 1. The van der Waals surface area contributed by atoms with Gasteiger partial charge in [0.15, 0.2) is 0 Å². The molecule has 2 atom stereocenters. The van der Waals surface area contributed by atoms with Gasteiger partial charge in [-0.25, -0.2) is 4.98 Å². The maximum Gasteiger partial charge on any atom is 0.217 e. The number of aromatic nitrogens is 1. The number of nitrogens with zero attached hydrogens (tertiary/aromatic N) is 1. The van der Waals surface area contributed by atoms with E-state index in [4.69, 9.17) is 4.74 Å². The molecule has 1 rings (SSSR count). The molecule has 0 aromatic carbocycles. The van der Waals surface area contributed by atoms with Crippen LogP contribution in [0.25, 0.3) is 0 Å². The van der Waals surface area contributed by atoms with Crippen LogP contribution in [0.5, 0.6) is 5.88 Å². The van der Waals surface area contributed by atoms with Gasteiger partial charge in [-0.15, -0.1) is 0 Å². The van der Waals surface area contributed by atoms with Crippen LogP contribution in [0.3, 0.4) is 0 Å². The summed E-state index contributed by atoms with van der Waals surface area (Å²) >= 11 is 0. The van der Waals surface area contributed by atoms with Crippen molar-refractivity contribution in [3.8, 4) is 5.88 Å². The molecule has 0 aliphatic heterocycles. The second-order valence-electron chi connectivity index (χ2n) is 4.84. The molecule has 1 N–H and O–H groups in total. The van der Waals surface area contributed by atoms with Crippen LogP contribution in [0.15, 0.2) is 18.3 Å². The lowest BCUT2D eigenvalue weighted by Gasteiger charge is -2.23. The minimum atomic E-state index is 0.334. The van der Waals surface area contributed by atoms with Gasteiger partial charge in [0.2, 0.25) is 5.88 Å². The second-order valence-corrected chi connectivity index (χ2v) is 4.84. The van der Waals surface area contributed by atoms with E-state index in [0.717, 1.165) is 18.8 Å². The molecule has 3 heteroatoms. The fourth-order valence-electron chi connectivity index (χ4n) is 2.42. The third kappa shape index (κ3) is 4.30. The van der Waals surface area contributed by atoms with E-state index in [0.29, 0.717) is 12.0 Å². The first-order chi connectivity index (χ1) is 8.72. The molecule has 102 valence electrons. The van der Waals surface area contributed by atoms with Gasteiger partial charge in [-0.1, -0.05) is 39.7 Å². The molecule has 2 unspecified atom stereocenters. The first-order valence-corrected chi connectivity index (χ1v) is 6.95. The van der Waals surface area contributed by atoms with Gasteiger partial charge < -0.3 is 10.1 Å². The highest BCUT2D eigenvalue weighted by Crippen LogP contribution is 2.28. The van der Waals surface area contributed by atoms with Crippen LogP contribution in [0, 0.1) is 5.92 Å². The largest absolute Gasteiger partial charge is 0.481 e. The van der Waals surface area contributed by atoms with E-state index in [1.54, 1.807) is 13.3 Å². The molecule has 0 bridgehead atoms. The first-order valence-electron chi connectivity index (χ1n) is 6.95. The Balaban J connectivity index is 2.82. The quantitative estimate of drug-likeness (QED) is 0.766. The lowest BCUT2D eigenvalue weighted by molar-refractivity contribution is 0.358. The summed E-state index contributed by atoms with van der Waals surface area (Å²) in [6, 6.07) is 4.42. The highest BCUT2D eigenvalue weighted by atomic mass is 16.5. The molecule has 0 amide bonds. The van der Waals surface area contributed by atoms with Gasteiger partial charge in [-0.05, 0) is 24.9 Å². The number of ether oxygens (including phenoxy) is 1. The molecule has 0 aliphatic carbocycles. The predicted molar refractivity (Wildman–Crippen MR) is 75.9 cm³/mol. The van der Waals surface area contributed by atoms with E-state index in [9.17, 15) is 0 Å². The zero-order chi connectivity index (χ0) is 13.4. The number of hydrogen-bond donors (Lipinski definition) is 1. The molecule has 0 aliphatic rings. The molecular weight excluding hydrogens is 224 g/mol. The lowest BCUT2D eigenvalue weighted by atomic mass is 9.93. The van der Waals surface area contributed by atoms with Gasteiger partial charge >= 0.3 is 0 Å². The summed E-state index contributed by atoms with van der Waals surface area (Å²) in [7, 11) is 1.68. The average molecular weight is 250 g/mol. The third-order valence-corrected chi connectivity index (χ3v) is 3.24. The average Bonchev–Trinajstić information content (AvgIpc) is 2.38. The zero-order valence-electron chi connectivity index (χ0n) is 12.1. The summed E-state index contributed by atoms with van der Waals surface area (Å²) in [4.78, 5) is 4.29. The van der Waals surface area contributed by atoms with E-state index in [2.05, 4.69) is 37.1 Å². The van der Waals surface area contributed by atoms with Crippen LogP contribution in [-0.2, 0) is 0 Å². The Morgan fingerprint density at radius 1 is 1.39 bits per heavy atom. The Bertz CT molecular complexity index is 341. The van der Waals surface area contributed by atoms with Gasteiger partial charge in [0.25, 0.3) is 0 Å². The first kappa shape index (κ1) is 15.0. The summed E-state index contributed by atoms with van der Waals surface area (Å²) < 4.78 is 5.36. The van der Waals surface area contributed by atoms with E-state index in [1.165, 1.54) is 18.4 Å².